The van der Waals surface area contributed by atoms with Gasteiger partial charge in [0.15, 0.2) is 5.78 Å². The van der Waals surface area contributed by atoms with E-state index in [9.17, 15) is 9.59 Å². The molecule has 144 valence electrons. The number of carbonyl (C=O) groups excluding carboxylic acids is 2. The molecule has 0 aromatic heterocycles. The van der Waals surface area contributed by atoms with Crippen molar-refractivity contribution in [2.75, 3.05) is 18.1 Å². The van der Waals surface area contributed by atoms with Gasteiger partial charge in [-0.3, -0.25) is 14.6 Å². The van der Waals surface area contributed by atoms with Crippen LogP contribution in [0.4, 0.5) is 0 Å². The van der Waals surface area contributed by atoms with Crippen LogP contribution in [0.25, 0.3) is 0 Å². The molecule has 27 heavy (non-hydrogen) atoms. The van der Waals surface area contributed by atoms with Crippen LogP contribution in [-0.4, -0.2) is 35.6 Å². The summed E-state index contributed by atoms with van der Waals surface area (Å²) in [4.78, 5) is 30.3. The van der Waals surface area contributed by atoms with Crippen LogP contribution >= 0.6 is 23.4 Å². The maximum Gasteiger partial charge on any atom is 0.315 e. The molecule has 0 amide bonds. The summed E-state index contributed by atoms with van der Waals surface area (Å²) in [5.41, 5.74) is 3.13. The number of esters is 1. The van der Waals surface area contributed by atoms with Crippen molar-refractivity contribution in [2.24, 2.45) is 10.9 Å². The summed E-state index contributed by atoms with van der Waals surface area (Å²) in [5, 5.41) is 0.625. The Kier molecular flexibility index (Phi) is 6.77. The highest BCUT2D eigenvalue weighted by molar-refractivity contribution is 7.99. The normalized spacial score (nSPS) is 22.3. The Balaban J connectivity index is 1.96. The van der Waals surface area contributed by atoms with E-state index in [1.807, 2.05) is 19.1 Å². The Morgan fingerprint density at radius 1 is 1.30 bits per heavy atom. The van der Waals surface area contributed by atoms with E-state index in [2.05, 4.69) is 11.9 Å². The summed E-state index contributed by atoms with van der Waals surface area (Å²) in [6.07, 6.45) is 2.09. The number of thioether (sulfide) groups is 1. The SMILES string of the molecule is CCSCCOC(=O)C1C(C)=NC2=C(C(=O)CCC2)[C@H]1c1ccc(Cl)cc1. The van der Waals surface area contributed by atoms with Crippen LogP contribution in [0.15, 0.2) is 40.5 Å². The maximum atomic E-state index is 12.9. The summed E-state index contributed by atoms with van der Waals surface area (Å²) in [6, 6.07) is 7.38. The molecule has 1 aromatic carbocycles. The molecule has 1 unspecified atom stereocenters. The Hall–Kier alpha value is -1.59. The second kappa shape index (κ2) is 9.07. The van der Waals surface area contributed by atoms with Gasteiger partial charge in [-0.05, 0) is 43.2 Å². The number of hydrogen-bond acceptors (Lipinski definition) is 5. The highest BCUT2D eigenvalue weighted by Gasteiger charge is 2.43. The number of hydrogen-bond donors (Lipinski definition) is 0. The number of allylic oxidation sites excluding steroid dienone is 2. The molecule has 1 aliphatic carbocycles. The third kappa shape index (κ3) is 4.46. The van der Waals surface area contributed by atoms with Crippen molar-refractivity contribution in [1.82, 2.24) is 0 Å². The first-order chi connectivity index (χ1) is 13.0. The average Bonchev–Trinajstić information content (AvgIpc) is 2.65. The monoisotopic (exact) mass is 405 g/mol. The minimum atomic E-state index is -0.571. The lowest BCUT2D eigenvalue weighted by Gasteiger charge is -2.34. The minimum Gasteiger partial charge on any atom is -0.464 e. The van der Waals surface area contributed by atoms with Gasteiger partial charge >= 0.3 is 5.97 Å². The molecule has 0 fully saturated rings. The molecule has 2 aliphatic rings. The molecule has 4 nitrogen and oxygen atoms in total. The van der Waals surface area contributed by atoms with E-state index in [0.717, 1.165) is 41.3 Å². The van der Waals surface area contributed by atoms with Crippen molar-refractivity contribution in [3.05, 3.63) is 46.1 Å². The van der Waals surface area contributed by atoms with Gasteiger partial charge in [0.25, 0.3) is 0 Å². The first-order valence-corrected chi connectivity index (χ1v) is 10.9. The molecule has 0 radical (unpaired) electrons. The van der Waals surface area contributed by atoms with E-state index in [0.29, 0.717) is 23.6 Å². The van der Waals surface area contributed by atoms with Gasteiger partial charge in [0.1, 0.15) is 12.5 Å². The molecular formula is C21H24ClNO3S. The number of rotatable bonds is 6. The number of benzene rings is 1. The van der Waals surface area contributed by atoms with Crippen molar-refractivity contribution in [2.45, 2.75) is 39.0 Å². The van der Waals surface area contributed by atoms with E-state index in [1.54, 1.807) is 23.9 Å². The zero-order valence-electron chi connectivity index (χ0n) is 15.7. The molecule has 0 saturated heterocycles. The largest absolute Gasteiger partial charge is 0.464 e. The van der Waals surface area contributed by atoms with Crippen molar-refractivity contribution in [3.63, 3.8) is 0 Å². The fourth-order valence-corrected chi connectivity index (χ4v) is 4.39. The summed E-state index contributed by atoms with van der Waals surface area (Å²) in [6.45, 7) is 4.30. The summed E-state index contributed by atoms with van der Waals surface area (Å²) >= 11 is 7.78. The van der Waals surface area contributed by atoms with Gasteiger partial charge in [0, 0.05) is 40.1 Å². The van der Waals surface area contributed by atoms with E-state index < -0.39 is 5.92 Å². The first kappa shape index (κ1) is 20.2. The quantitative estimate of drug-likeness (QED) is 0.503. The Labute approximate surface area is 169 Å². The van der Waals surface area contributed by atoms with Crippen LogP contribution in [0.1, 0.15) is 44.6 Å². The lowest BCUT2D eigenvalue weighted by molar-refractivity contribution is -0.145. The van der Waals surface area contributed by atoms with E-state index in [1.165, 1.54) is 0 Å². The predicted octanol–water partition coefficient (Wildman–Crippen LogP) is 4.82. The third-order valence-electron chi connectivity index (χ3n) is 4.99. The minimum absolute atomic E-state index is 0.0896. The van der Waals surface area contributed by atoms with Crippen LogP contribution in [0.5, 0.6) is 0 Å². The molecule has 1 aromatic rings. The van der Waals surface area contributed by atoms with Crippen molar-refractivity contribution >= 4 is 40.8 Å². The van der Waals surface area contributed by atoms with Crippen molar-refractivity contribution in [3.8, 4) is 0 Å². The Bertz CT molecular complexity index is 785. The fourth-order valence-electron chi connectivity index (χ4n) is 3.78. The molecule has 2 atom stereocenters. The maximum absolute atomic E-state index is 12.9. The number of ether oxygens (including phenoxy) is 1. The summed E-state index contributed by atoms with van der Waals surface area (Å²) in [5.74, 6) is 0.612. The molecular weight excluding hydrogens is 382 g/mol. The number of carbonyl (C=O) groups is 2. The molecule has 1 heterocycles. The van der Waals surface area contributed by atoms with Crippen molar-refractivity contribution < 1.29 is 14.3 Å². The van der Waals surface area contributed by atoms with Crippen LogP contribution in [0.2, 0.25) is 5.02 Å². The van der Waals surface area contributed by atoms with E-state index in [-0.39, 0.29) is 17.7 Å². The number of ketones is 1. The smallest absolute Gasteiger partial charge is 0.315 e. The number of Topliss-reactive ketones (excluding diaryl/α,β-unsaturated/α-hetero) is 1. The van der Waals surface area contributed by atoms with Gasteiger partial charge in [-0.1, -0.05) is 30.7 Å². The number of nitrogens with zero attached hydrogens (tertiary/aromatic N) is 1. The third-order valence-corrected chi connectivity index (χ3v) is 6.11. The first-order valence-electron chi connectivity index (χ1n) is 9.34. The molecule has 3 rings (SSSR count). The highest BCUT2D eigenvalue weighted by atomic mass is 35.5. The van der Waals surface area contributed by atoms with Crippen molar-refractivity contribution in [1.29, 1.82) is 0 Å². The molecule has 0 saturated carbocycles. The zero-order chi connectivity index (χ0) is 19.4. The van der Waals surface area contributed by atoms with Gasteiger partial charge in [0.2, 0.25) is 0 Å². The molecule has 0 spiro atoms. The van der Waals surface area contributed by atoms with Crippen LogP contribution in [0, 0.1) is 5.92 Å². The number of aliphatic imine (C=N–C) groups is 1. The zero-order valence-corrected chi connectivity index (χ0v) is 17.2. The highest BCUT2D eigenvalue weighted by Crippen LogP contribution is 2.43. The van der Waals surface area contributed by atoms with E-state index in [4.69, 9.17) is 16.3 Å². The molecule has 0 N–H and O–H groups in total. The van der Waals surface area contributed by atoms with E-state index >= 15 is 0 Å². The molecule has 1 aliphatic heterocycles. The lowest BCUT2D eigenvalue weighted by Crippen LogP contribution is -2.37. The number of halogens is 1. The van der Waals surface area contributed by atoms with Crippen LogP contribution in [-0.2, 0) is 14.3 Å². The summed E-state index contributed by atoms with van der Waals surface area (Å²) in [7, 11) is 0. The Morgan fingerprint density at radius 3 is 2.74 bits per heavy atom. The standard InChI is InChI=1S/C21H24ClNO3S/c1-3-27-12-11-26-21(25)18-13(2)23-16-5-4-6-17(24)20(16)19(18)14-7-9-15(22)10-8-14/h7-10,18-19H,3-6,11-12H2,1-2H3/t18?,19-/m0/s1. The average molecular weight is 406 g/mol. The lowest BCUT2D eigenvalue weighted by atomic mass is 9.72. The second-order valence-electron chi connectivity index (χ2n) is 6.76. The van der Waals surface area contributed by atoms with Gasteiger partial charge in [-0.2, -0.15) is 11.8 Å². The Morgan fingerprint density at radius 2 is 2.04 bits per heavy atom. The van der Waals surface area contributed by atoms with Gasteiger partial charge < -0.3 is 4.74 Å². The topological polar surface area (TPSA) is 55.7 Å². The van der Waals surface area contributed by atoms with Crippen LogP contribution in [0.3, 0.4) is 0 Å². The van der Waals surface area contributed by atoms with Gasteiger partial charge in [0.05, 0.1) is 0 Å². The summed E-state index contributed by atoms with van der Waals surface area (Å²) < 4.78 is 5.54. The second-order valence-corrected chi connectivity index (χ2v) is 8.59. The van der Waals surface area contributed by atoms with Gasteiger partial charge in [-0.15, -0.1) is 0 Å². The fraction of sp³-hybridized carbons (Fsp3) is 0.476. The molecule has 0 bridgehead atoms. The van der Waals surface area contributed by atoms with Gasteiger partial charge in [-0.25, -0.2) is 0 Å². The van der Waals surface area contributed by atoms with Crippen LogP contribution < -0.4 is 0 Å². The molecule has 6 heteroatoms. The predicted molar refractivity (Wildman–Crippen MR) is 111 cm³/mol.